The maximum Gasteiger partial charge on any atom is 0.311 e. The Morgan fingerprint density at radius 1 is 1.18 bits per heavy atom. The van der Waals surface area contributed by atoms with Gasteiger partial charge < -0.3 is 0 Å². The minimum Gasteiger partial charge on any atom is -0.285 e. The van der Waals surface area contributed by atoms with Crippen LogP contribution in [0.15, 0.2) is 12.3 Å². The van der Waals surface area contributed by atoms with E-state index in [1.54, 1.807) is 34.6 Å². The first kappa shape index (κ1) is 16.3. The highest BCUT2D eigenvalue weighted by Crippen LogP contribution is 2.21. The molecule has 0 bridgehead atoms. The summed E-state index contributed by atoms with van der Waals surface area (Å²) in [5.41, 5.74) is 0. The van der Waals surface area contributed by atoms with Crippen molar-refractivity contribution in [2.45, 2.75) is 46.8 Å². The van der Waals surface area contributed by atoms with Gasteiger partial charge in [0.2, 0.25) is 0 Å². The Balaban J connectivity index is 4.96. The highest BCUT2D eigenvalue weighted by Gasteiger charge is 2.44. The van der Waals surface area contributed by atoms with Gasteiger partial charge in [-0.3, -0.25) is 5.21 Å². The molecule has 0 fully saturated rings. The molecule has 0 aromatic heterocycles. The molecule has 0 amide bonds. The van der Waals surface area contributed by atoms with Gasteiger partial charge in [-0.05, 0) is 32.9 Å². The van der Waals surface area contributed by atoms with Crippen molar-refractivity contribution in [2.75, 3.05) is 7.05 Å². The molecule has 0 spiro atoms. The van der Waals surface area contributed by atoms with E-state index in [1.807, 2.05) is 0 Å². The van der Waals surface area contributed by atoms with Gasteiger partial charge in [-0.15, -0.1) is 0 Å². The monoisotopic (exact) mass is 251 g/mol. The first-order chi connectivity index (χ1) is 7.67. The van der Waals surface area contributed by atoms with Gasteiger partial charge in [0.1, 0.15) is 12.2 Å². The molecule has 0 rings (SSSR count). The molecule has 0 aromatic rings. The normalized spacial score (nSPS) is 12.6. The smallest absolute Gasteiger partial charge is 0.285 e. The molecular weight excluding hydrogens is 228 g/mol. The van der Waals surface area contributed by atoms with Crippen LogP contribution in [0.5, 0.6) is 0 Å². The summed E-state index contributed by atoms with van der Waals surface area (Å²) < 4.78 is 0. The maximum atomic E-state index is 9.15. The van der Waals surface area contributed by atoms with Gasteiger partial charge in [-0.1, -0.05) is 16.3 Å². The highest BCUT2D eigenvalue weighted by molar-refractivity contribution is 4.70. The first-order valence-corrected chi connectivity index (χ1v) is 5.40. The Morgan fingerprint density at radius 2 is 1.59 bits per heavy atom. The van der Waals surface area contributed by atoms with Crippen molar-refractivity contribution in [1.82, 2.24) is 5.23 Å². The second-order valence-electron chi connectivity index (χ2n) is 4.09. The SMILES string of the molecule is C=C(C)O[N+](OC(C)C)(OC(C)C)ON(C)O. The van der Waals surface area contributed by atoms with Gasteiger partial charge in [0, 0.05) is 18.9 Å². The van der Waals surface area contributed by atoms with Crippen LogP contribution in [0.25, 0.3) is 0 Å². The zero-order chi connectivity index (χ0) is 13.6. The summed E-state index contributed by atoms with van der Waals surface area (Å²) in [5.74, 6) is 0.313. The van der Waals surface area contributed by atoms with Gasteiger partial charge in [-0.2, -0.15) is 0 Å². The van der Waals surface area contributed by atoms with Gasteiger partial charge >= 0.3 is 5.14 Å². The lowest BCUT2D eigenvalue weighted by Crippen LogP contribution is -2.52. The van der Waals surface area contributed by atoms with E-state index in [0.29, 0.717) is 11.0 Å². The topological polar surface area (TPSA) is 60.4 Å². The van der Waals surface area contributed by atoms with E-state index in [4.69, 9.17) is 24.7 Å². The van der Waals surface area contributed by atoms with E-state index in [1.165, 1.54) is 7.05 Å². The van der Waals surface area contributed by atoms with Crippen LogP contribution in [0.4, 0.5) is 0 Å². The van der Waals surface area contributed by atoms with E-state index in [0.717, 1.165) is 0 Å². The Bertz CT molecular complexity index is 216. The molecule has 0 aliphatic carbocycles. The molecule has 0 aromatic carbocycles. The second-order valence-corrected chi connectivity index (χ2v) is 4.09. The Hall–Kier alpha value is -0.700. The van der Waals surface area contributed by atoms with Crippen LogP contribution in [0.3, 0.4) is 0 Å². The van der Waals surface area contributed by atoms with Gasteiger partial charge in [-0.25, -0.2) is 4.84 Å². The third kappa shape index (κ3) is 7.27. The van der Waals surface area contributed by atoms with E-state index < -0.39 is 5.14 Å². The largest absolute Gasteiger partial charge is 0.311 e. The molecule has 102 valence electrons. The van der Waals surface area contributed by atoms with E-state index >= 15 is 0 Å². The molecule has 0 aliphatic rings. The Kier molecular flexibility index (Phi) is 6.61. The number of hydrogen-bond acceptors (Lipinski definition) is 6. The van der Waals surface area contributed by atoms with E-state index in [2.05, 4.69) is 6.58 Å². The van der Waals surface area contributed by atoms with Crippen molar-refractivity contribution in [3.63, 3.8) is 0 Å². The molecule has 7 heteroatoms. The highest BCUT2D eigenvalue weighted by atomic mass is 17.4. The van der Waals surface area contributed by atoms with Crippen LogP contribution >= 0.6 is 0 Å². The number of quaternary nitrogens is 1. The van der Waals surface area contributed by atoms with Gasteiger partial charge in [0.05, 0.1) is 0 Å². The lowest BCUT2D eigenvalue weighted by atomic mass is 10.5. The maximum absolute atomic E-state index is 9.15. The van der Waals surface area contributed by atoms with Crippen molar-refractivity contribution in [2.24, 2.45) is 0 Å². The fourth-order valence-electron chi connectivity index (χ4n) is 0.975. The molecule has 0 saturated carbocycles. The molecule has 0 heterocycles. The fourth-order valence-corrected chi connectivity index (χ4v) is 0.975. The molecule has 0 aliphatic heterocycles. The lowest BCUT2D eigenvalue weighted by Gasteiger charge is -2.28. The van der Waals surface area contributed by atoms with Crippen molar-refractivity contribution in [3.8, 4) is 0 Å². The van der Waals surface area contributed by atoms with Crippen molar-refractivity contribution >= 4 is 0 Å². The summed E-state index contributed by atoms with van der Waals surface area (Å²) in [4.78, 5) is 21.0. The third-order valence-corrected chi connectivity index (χ3v) is 1.17. The van der Waals surface area contributed by atoms with Crippen molar-refractivity contribution in [1.29, 1.82) is 0 Å². The number of hydrogen-bond donors (Lipinski definition) is 1. The number of allylic oxidation sites excluding steroid dienone is 1. The summed E-state index contributed by atoms with van der Waals surface area (Å²) in [5, 5.41) is 8.49. The zero-order valence-corrected chi connectivity index (χ0v) is 11.3. The molecule has 0 atom stereocenters. The molecule has 0 radical (unpaired) electrons. The molecule has 0 saturated heterocycles. The summed E-state index contributed by atoms with van der Waals surface area (Å²) in [6.07, 6.45) is -0.513. The number of nitrogens with zero attached hydrogens (tertiary/aromatic N) is 2. The predicted molar refractivity (Wildman–Crippen MR) is 59.2 cm³/mol. The Morgan fingerprint density at radius 3 is 1.82 bits per heavy atom. The third-order valence-electron chi connectivity index (χ3n) is 1.17. The van der Waals surface area contributed by atoms with Crippen LogP contribution in [0.1, 0.15) is 34.6 Å². The molecule has 1 N–H and O–H groups in total. The minimum atomic E-state index is -1.10. The van der Waals surface area contributed by atoms with Crippen LogP contribution < -0.4 is 0 Å². The molecule has 0 unspecified atom stereocenters. The zero-order valence-electron chi connectivity index (χ0n) is 11.3. The second kappa shape index (κ2) is 6.90. The van der Waals surface area contributed by atoms with Crippen molar-refractivity contribution < 1.29 is 29.8 Å². The first-order valence-electron chi connectivity index (χ1n) is 5.40. The quantitative estimate of drug-likeness (QED) is 0.405. The van der Waals surface area contributed by atoms with Crippen LogP contribution in [0.2, 0.25) is 0 Å². The summed E-state index contributed by atoms with van der Waals surface area (Å²) in [6, 6.07) is 0. The molecule has 7 nitrogen and oxygen atoms in total. The molecule has 17 heavy (non-hydrogen) atoms. The average molecular weight is 251 g/mol. The van der Waals surface area contributed by atoms with Crippen molar-refractivity contribution in [3.05, 3.63) is 12.3 Å². The van der Waals surface area contributed by atoms with Crippen LogP contribution in [-0.4, -0.2) is 34.8 Å². The van der Waals surface area contributed by atoms with E-state index in [9.17, 15) is 0 Å². The average Bonchev–Trinajstić information content (AvgIpc) is 1.95. The van der Waals surface area contributed by atoms with Gasteiger partial charge in [0.15, 0.2) is 5.76 Å². The van der Waals surface area contributed by atoms with Crippen LogP contribution in [0, 0.1) is 0 Å². The van der Waals surface area contributed by atoms with Gasteiger partial charge in [0.25, 0.3) is 0 Å². The number of rotatable bonds is 8. The summed E-state index contributed by atoms with van der Waals surface area (Å²) >= 11 is 0. The fraction of sp³-hybridized carbons (Fsp3) is 0.800. The minimum absolute atomic E-state index is 0.256. The summed E-state index contributed by atoms with van der Waals surface area (Å²) in [6.45, 7) is 12.3. The Labute approximate surface area is 102 Å². The number of hydroxylamine groups is 2. The molecular formula is C10H23N2O5+. The predicted octanol–water partition coefficient (Wildman–Crippen LogP) is 2.12. The standard InChI is InChI=1S/C10H23N2O5/c1-8(2)14-12(15-9(3)4,16-10(5)6)17-11(7)13/h9-10,13H,1H2,2-7H3/q+1. The van der Waals surface area contributed by atoms with Crippen LogP contribution in [-0.2, 0) is 19.5 Å². The lowest BCUT2D eigenvalue weighted by molar-refractivity contribution is -1.49. The summed E-state index contributed by atoms with van der Waals surface area (Å²) in [7, 11) is 1.27. The van der Waals surface area contributed by atoms with E-state index in [-0.39, 0.29) is 12.2 Å².